The maximum atomic E-state index is 11.8. The molecule has 20 heavy (non-hydrogen) atoms. The van der Waals surface area contributed by atoms with Crippen LogP contribution in [0.1, 0.15) is 12.0 Å². The van der Waals surface area contributed by atoms with Crippen molar-refractivity contribution in [2.75, 3.05) is 6.54 Å². The van der Waals surface area contributed by atoms with Gasteiger partial charge >= 0.3 is 5.97 Å². The number of aromatic hydroxyl groups is 1. The molecule has 0 saturated heterocycles. The highest BCUT2D eigenvalue weighted by Gasteiger charge is 2.22. The Hall–Kier alpha value is -2.12. The Morgan fingerprint density at radius 1 is 1.25 bits per heavy atom. The zero-order valence-corrected chi connectivity index (χ0v) is 11.0. The molecular weight excluding hydrogens is 262 g/mol. The minimum atomic E-state index is -1.14. The van der Waals surface area contributed by atoms with E-state index >= 15 is 0 Å². The van der Waals surface area contributed by atoms with Crippen LogP contribution < -0.4 is 16.8 Å². The highest BCUT2D eigenvalue weighted by atomic mass is 16.4. The molecule has 7 nitrogen and oxygen atoms in total. The van der Waals surface area contributed by atoms with Crippen LogP contribution in [0.4, 0.5) is 0 Å². The highest BCUT2D eigenvalue weighted by molar-refractivity contribution is 5.86. The molecule has 0 radical (unpaired) electrons. The van der Waals surface area contributed by atoms with Crippen LogP contribution in [0.3, 0.4) is 0 Å². The number of phenolic OH excluding ortho intramolecular Hbond substituents is 1. The second-order valence-electron chi connectivity index (χ2n) is 4.45. The number of rotatable bonds is 7. The van der Waals surface area contributed by atoms with Crippen molar-refractivity contribution in [2.24, 2.45) is 11.5 Å². The van der Waals surface area contributed by atoms with Crippen LogP contribution in [0.2, 0.25) is 0 Å². The molecule has 7 N–H and O–H groups in total. The number of carboxylic acids is 1. The van der Waals surface area contributed by atoms with E-state index < -0.39 is 24.0 Å². The monoisotopic (exact) mass is 281 g/mol. The lowest BCUT2D eigenvalue weighted by molar-refractivity contribution is -0.142. The van der Waals surface area contributed by atoms with Crippen molar-refractivity contribution < 1.29 is 19.8 Å². The number of nitrogens with two attached hydrogens (primary N) is 2. The minimum Gasteiger partial charge on any atom is -0.508 e. The van der Waals surface area contributed by atoms with Gasteiger partial charge < -0.3 is 27.0 Å². The Morgan fingerprint density at radius 2 is 1.85 bits per heavy atom. The molecule has 0 fully saturated rings. The second kappa shape index (κ2) is 7.46. The molecule has 0 aliphatic rings. The van der Waals surface area contributed by atoms with E-state index in [-0.39, 0.29) is 25.1 Å². The van der Waals surface area contributed by atoms with E-state index in [1.54, 1.807) is 12.1 Å². The Labute approximate surface area is 116 Å². The van der Waals surface area contributed by atoms with Gasteiger partial charge in [-0.25, -0.2) is 4.79 Å². The van der Waals surface area contributed by atoms with E-state index in [1.165, 1.54) is 12.1 Å². The summed E-state index contributed by atoms with van der Waals surface area (Å²) in [5, 5.41) is 20.4. The van der Waals surface area contributed by atoms with Crippen molar-refractivity contribution in [3.05, 3.63) is 29.8 Å². The Kier molecular flexibility index (Phi) is 5.95. The van der Waals surface area contributed by atoms with Gasteiger partial charge in [0.25, 0.3) is 0 Å². The lowest BCUT2D eigenvalue weighted by Crippen LogP contribution is -2.49. The molecule has 7 heteroatoms. The SMILES string of the molecule is NCC[C@H](NC(=O)[C@@H](N)Cc1ccc(O)cc1)C(=O)O. The maximum Gasteiger partial charge on any atom is 0.326 e. The van der Waals surface area contributed by atoms with E-state index in [0.29, 0.717) is 0 Å². The van der Waals surface area contributed by atoms with Crippen molar-refractivity contribution in [1.82, 2.24) is 5.32 Å². The summed E-state index contributed by atoms with van der Waals surface area (Å²) in [4.78, 5) is 22.7. The maximum absolute atomic E-state index is 11.8. The van der Waals surface area contributed by atoms with Crippen molar-refractivity contribution in [1.29, 1.82) is 0 Å². The first kappa shape index (κ1) is 15.9. The minimum absolute atomic E-state index is 0.126. The van der Waals surface area contributed by atoms with Gasteiger partial charge in [0, 0.05) is 0 Å². The van der Waals surface area contributed by atoms with Crippen LogP contribution in [-0.4, -0.2) is 40.7 Å². The van der Waals surface area contributed by atoms with Crippen molar-refractivity contribution >= 4 is 11.9 Å². The highest BCUT2D eigenvalue weighted by Crippen LogP contribution is 2.11. The molecule has 1 aromatic carbocycles. The molecule has 0 spiro atoms. The van der Waals surface area contributed by atoms with Gasteiger partial charge in [0.05, 0.1) is 6.04 Å². The molecule has 0 saturated carbocycles. The standard InChI is InChI=1S/C13H19N3O4/c14-6-5-11(13(19)20)16-12(18)10(15)7-8-1-3-9(17)4-2-8/h1-4,10-11,17H,5-7,14-15H2,(H,16,18)(H,19,20)/t10-,11-/m0/s1. The average molecular weight is 281 g/mol. The van der Waals surface area contributed by atoms with Crippen LogP contribution in [0.25, 0.3) is 0 Å². The molecule has 1 amide bonds. The molecule has 0 aliphatic heterocycles. The molecule has 0 aliphatic carbocycles. The van der Waals surface area contributed by atoms with E-state index in [0.717, 1.165) is 5.56 Å². The van der Waals surface area contributed by atoms with Crippen LogP contribution in [-0.2, 0) is 16.0 Å². The van der Waals surface area contributed by atoms with Gasteiger partial charge in [-0.15, -0.1) is 0 Å². The summed E-state index contributed by atoms with van der Waals surface area (Å²) in [6.45, 7) is 0.157. The Balaban J connectivity index is 2.57. The van der Waals surface area contributed by atoms with Crippen LogP contribution >= 0.6 is 0 Å². The molecule has 0 bridgehead atoms. The zero-order valence-electron chi connectivity index (χ0n) is 11.0. The molecule has 0 heterocycles. The molecule has 110 valence electrons. The number of phenols is 1. The largest absolute Gasteiger partial charge is 0.508 e. The number of carboxylic acid groups (broad SMARTS) is 1. The van der Waals surface area contributed by atoms with Gasteiger partial charge in [-0.1, -0.05) is 12.1 Å². The lowest BCUT2D eigenvalue weighted by Gasteiger charge is -2.17. The molecular formula is C13H19N3O4. The third-order valence-corrected chi connectivity index (χ3v) is 2.80. The molecule has 1 aromatic rings. The predicted octanol–water partition coefficient (Wildman–Crippen LogP) is -0.820. The van der Waals surface area contributed by atoms with Crippen LogP contribution in [0.15, 0.2) is 24.3 Å². The number of nitrogens with one attached hydrogen (secondary N) is 1. The fourth-order valence-electron chi connectivity index (χ4n) is 1.68. The van der Waals surface area contributed by atoms with Gasteiger partial charge in [-0.05, 0) is 37.1 Å². The first-order chi connectivity index (χ1) is 9.43. The molecule has 0 unspecified atom stereocenters. The van der Waals surface area contributed by atoms with Gasteiger partial charge in [-0.2, -0.15) is 0 Å². The molecule has 1 rings (SSSR count). The third kappa shape index (κ3) is 4.87. The summed E-state index contributed by atoms with van der Waals surface area (Å²) >= 11 is 0. The van der Waals surface area contributed by atoms with Crippen molar-refractivity contribution in [2.45, 2.75) is 24.9 Å². The first-order valence-corrected chi connectivity index (χ1v) is 6.20. The van der Waals surface area contributed by atoms with Crippen molar-refractivity contribution in [3.63, 3.8) is 0 Å². The van der Waals surface area contributed by atoms with Crippen molar-refractivity contribution in [3.8, 4) is 5.75 Å². The summed E-state index contributed by atoms with van der Waals surface area (Å²) < 4.78 is 0. The second-order valence-corrected chi connectivity index (χ2v) is 4.45. The number of hydrogen-bond donors (Lipinski definition) is 5. The van der Waals surface area contributed by atoms with Crippen LogP contribution in [0.5, 0.6) is 5.75 Å². The smallest absolute Gasteiger partial charge is 0.326 e. The van der Waals surface area contributed by atoms with Gasteiger partial charge in [-0.3, -0.25) is 4.79 Å². The van der Waals surface area contributed by atoms with E-state index in [2.05, 4.69) is 5.32 Å². The summed E-state index contributed by atoms with van der Waals surface area (Å²) in [5.74, 6) is -1.56. The van der Waals surface area contributed by atoms with Gasteiger partial charge in [0.15, 0.2) is 0 Å². The summed E-state index contributed by atoms with van der Waals surface area (Å²) in [5.41, 5.74) is 11.8. The zero-order chi connectivity index (χ0) is 15.1. The average Bonchev–Trinajstić information content (AvgIpc) is 2.40. The number of carbonyl (C=O) groups excluding carboxylic acids is 1. The van der Waals surface area contributed by atoms with Gasteiger partial charge in [0.2, 0.25) is 5.91 Å². The first-order valence-electron chi connectivity index (χ1n) is 6.20. The summed E-state index contributed by atoms with van der Waals surface area (Å²) in [6, 6.07) is 4.40. The third-order valence-electron chi connectivity index (χ3n) is 2.80. The Bertz CT molecular complexity index is 461. The Morgan fingerprint density at radius 3 is 2.35 bits per heavy atom. The summed E-state index contributed by atoms with van der Waals surface area (Å²) in [7, 11) is 0. The van der Waals surface area contributed by atoms with Gasteiger partial charge in [0.1, 0.15) is 11.8 Å². The topological polar surface area (TPSA) is 139 Å². The summed E-state index contributed by atoms with van der Waals surface area (Å²) in [6.07, 6.45) is 0.397. The van der Waals surface area contributed by atoms with E-state index in [1.807, 2.05) is 0 Å². The molecule has 2 atom stereocenters. The van der Waals surface area contributed by atoms with Crippen LogP contribution in [0, 0.1) is 0 Å². The number of carbonyl (C=O) groups is 2. The fourth-order valence-corrected chi connectivity index (χ4v) is 1.68. The number of amides is 1. The normalized spacial score (nSPS) is 13.5. The van der Waals surface area contributed by atoms with E-state index in [4.69, 9.17) is 21.7 Å². The number of hydrogen-bond acceptors (Lipinski definition) is 5. The predicted molar refractivity (Wildman–Crippen MR) is 73.0 cm³/mol. The van der Waals surface area contributed by atoms with E-state index in [9.17, 15) is 9.59 Å². The number of benzene rings is 1. The molecule has 0 aromatic heterocycles. The lowest BCUT2D eigenvalue weighted by atomic mass is 10.1. The fraction of sp³-hybridized carbons (Fsp3) is 0.385. The quantitative estimate of drug-likeness (QED) is 0.442. The number of aliphatic carboxylic acids is 1.